The third-order valence-corrected chi connectivity index (χ3v) is 1.53. The maximum atomic E-state index is 12.3. The highest BCUT2D eigenvalue weighted by molar-refractivity contribution is 5.25. The molecule has 0 aliphatic rings. The molecule has 0 spiro atoms. The van der Waals surface area contributed by atoms with Crippen molar-refractivity contribution in [2.24, 2.45) is 0 Å². The van der Waals surface area contributed by atoms with Crippen LogP contribution in [-0.2, 0) is 6.18 Å². The van der Waals surface area contributed by atoms with Crippen molar-refractivity contribution in [3.8, 4) is 5.88 Å². The summed E-state index contributed by atoms with van der Waals surface area (Å²) >= 11 is 0. The van der Waals surface area contributed by atoms with E-state index in [1.807, 2.05) is 0 Å². The molecule has 0 unspecified atom stereocenters. The van der Waals surface area contributed by atoms with Crippen molar-refractivity contribution in [1.29, 1.82) is 0 Å². The second-order valence-corrected chi connectivity index (χ2v) is 2.80. The molecular formula is C9H10F3NO. The first kappa shape index (κ1) is 10.8. The number of hydrogen-bond acceptors (Lipinski definition) is 2. The fraction of sp³-hybridized carbons (Fsp3) is 0.444. The normalized spacial score (nSPS) is 11.5. The lowest BCUT2D eigenvalue weighted by Gasteiger charge is -2.09. The zero-order valence-electron chi connectivity index (χ0n) is 7.85. The predicted molar refractivity (Wildman–Crippen MR) is 45.1 cm³/mol. The Morgan fingerprint density at radius 2 is 2.00 bits per heavy atom. The largest absolute Gasteiger partial charge is 0.478 e. The van der Waals surface area contributed by atoms with E-state index < -0.39 is 11.9 Å². The van der Waals surface area contributed by atoms with E-state index in [4.69, 9.17) is 4.74 Å². The summed E-state index contributed by atoms with van der Waals surface area (Å²) in [6.07, 6.45) is -4.42. The lowest BCUT2D eigenvalue weighted by Crippen LogP contribution is -2.09. The van der Waals surface area contributed by atoms with E-state index in [0.717, 1.165) is 6.07 Å². The third-order valence-electron chi connectivity index (χ3n) is 1.53. The van der Waals surface area contributed by atoms with Gasteiger partial charge >= 0.3 is 6.18 Å². The molecule has 0 saturated heterocycles. The minimum atomic E-state index is -4.42. The Labute approximate surface area is 79.7 Å². The predicted octanol–water partition coefficient (Wildman–Crippen LogP) is 2.81. The van der Waals surface area contributed by atoms with Gasteiger partial charge in [-0.15, -0.1) is 0 Å². The van der Waals surface area contributed by atoms with E-state index in [0.29, 0.717) is 12.2 Å². The molecule has 0 aliphatic heterocycles. The van der Waals surface area contributed by atoms with E-state index in [9.17, 15) is 13.2 Å². The van der Waals surface area contributed by atoms with Crippen LogP contribution in [0.3, 0.4) is 0 Å². The Kier molecular flexibility index (Phi) is 2.98. The second-order valence-electron chi connectivity index (χ2n) is 2.80. The zero-order valence-corrected chi connectivity index (χ0v) is 7.85. The van der Waals surface area contributed by atoms with Gasteiger partial charge in [0.1, 0.15) is 5.69 Å². The lowest BCUT2D eigenvalue weighted by molar-refractivity contribution is -0.141. The highest BCUT2D eigenvalue weighted by Crippen LogP contribution is 2.29. The van der Waals surface area contributed by atoms with E-state index in [1.165, 1.54) is 6.07 Å². The summed E-state index contributed by atoms with van der Waals surface area (Å²) in [5, 5.41) is 0. The molecule has 1 rings (SSSR count). The molecule has 1 heterocycles. The van der Waals surface area contributed by atoms with E-state index in [2.05, 4.69) is 4.98 Å². The van der Waals surface area contributed by atoms with Crippen LogP contribution in [0.2, 0.25) is 0 Å². The molecule has 0 saturated carbocycles. The van der Waals surface area contributed by atoms with E-state index >= 15 is 0 Å². The number of hydrogen-bond donors (Lipinski definition) is 0. The number of ether oxygens (including phenoxy) is 1. The molecule has 0 bridgehead atoms. The van der Waals surface area contributed by atoms with Gasteiger partial charge in [-0.05, 0) is 25.5 Å². The molecule has 0 fully saturated rings. The standard InChI is InChI=1S/C9H10F3NO/c1-3-14-8-5-6(2)4-7(13-8)9(10,11)12/h4-5H,3H2,1-2H3. The average Bonchev–Trinajstić information content (AvgIpc) is 2.02. The quantitative estimate of drug-likeness (QED) is 0.740. The summed E-state index contributed by atoms with van der Waals surface area (Å²) in [5.74, 6) is 0.0137. The monoisotopic (exact) mass is 205 g/mol. The van der Waals surface area contributed by atoms with Crippen molar-refractivity contribution < 1.29 is 17.9 Å². The molecule has 0 atom stereocenters. The highest BCUT2D eigenvalue weighted by Gasteiger charge is 2.33. The average molecular weight is 205 g/mol. The van der Waals surface area contributed by atoms with Crippen molar-refractivity contribution in [2.45, 2.75) is 20.0 Å². The van der Waals surface area contributed by atoms with Crippen LogP contribution >= 0.6 is 0 Å². The Morgan fingerprint density at radius 3 is 2.50 bits per heavy atom. The minimum absolute atomic E-state index is 0.0137. The summed E-state index contributed by atoms with van der Waals surface area (Å²) in [6.45, 7) is 3.56. The minimum Gasteiger partial charge on any atom is -0.478 e. The van der Waals surface area contributed by atoms with Crippen LogP contribution in [0, 0.1) is 6.92 Å². The van der Waals surface area contributed by atoms with Gasteiger partial charge in [-0.25, -0.2) is 4.98 Å². The summed E-state index contributed by atoms with van der Waals surface area (Å²) in [6, 6.07) is 2.46. The van der Waals surface area contributed by atoms with E-state index in [1.54, 1.807) is 13.8 Å². The molecule has 2 nitrogen and oxygen atoms in total. The van der Waals surface area contributed by atoms with Gasteiger partial charge in [0.15, 0.2) is 0 Å². The molecule has 1 aromatic heterocycles. The van der Waals surface area contributed by atoms with Crippen molar-refractivity contribution in [3.05, 3.63) is 23.4 Å². The first-order chi connectivity index (χ1) is 6.43. The molecular weight excluding hydrogens is 195 g/mol. The number of pyridine rings is 1. The van der Waals surface area contributed by atoms with Gasteiger partial charge in [-0.1, -0.05) is 0 Å². The molecule has 5 heteroatoms. The topological polar surface area (TPSA) is 22.1 Å². The summed E-state index contributed by atoms with van der Waals surface area (Å²) in [4.78, 5) is 3.35. The van der Waals surface area contributed by atoms with Gasteiger partial charge in [0.2, 0.25) is 5.88 Å². The number of nitrogens with zero attached hydrogens (tertiary/aromatic N) is 1. The fourth-order valence-corrected chi connectivity index (χ4v) is 1.00. The highest BCUT2D eigenvalue weighted by atomic mass is 19.4. The molecule has 14 heavy (non-hydrogen) atoms. The van der Waals surface area contributed by atoms with E-state index in [-0.39, 0.29) is 5.88 Å². The summed E-state index contributed by atoms with van der Waals surface area (Å²) < 4.78 is 41.7. The Hall–Kier alpha value is -1.26. The fourth-order valence-electron chi connectivity index (χ4n) is 1.00. The molecule has 0 N–H and O–H groups in total. The first-order valence-electron chi connectivity index (χ1n) is 4.12. The first-order valence-corrected chi connectivity index (χ1v) is 4.12. The van der Waals surface area contributed by atoms with Crippen LogP contribution in [0.1, 0.15) is 18.2 Å². The number of halogens is 3. The van der Waals surface area contributed by atoms with Crippen LogP contribution in [-0.4, -0.2) is 11.6 Å². The van der Waals surface area contributed by atoms with Gasteiger partial charge in [0.25, 0.3) is 0 Å². The molecule has 78 valence electrons. The van der Waals surface area contributed by atoms with Gasteiger partial charge in [0.05, 0.1) is 6.61 Å². The number of aromatic nitrogens is 1. The summed E-state index contributed by atoms with van der Waals surface area (Å²) in [5.41, 5.74) is -0.434. The van der Waals surface area contributed by atoms with Crippen molar-refractivity contribution in [1.82, 2.24) is 4.98 Å². The van der Waals surface area contributed by atoms with Gasteiger partial charge < -0.3 is 4.74 Å². The van der Waals surface area contributed by atoms with Crippen LogP contribution in [0.5, 0.6) is 5.88 Å². The van der Waals surface area contributed by atoms with Crippen LogP contribution in [0.15, 0.2) is 12.1 Å². The molecule has 0 radical (unpaired) electrons. The lowest BCUT2D eigenvalue weighted by atomic mass is 10.2. The van der Waals surface area contributed by atoms with Crippen LogP contribution in [0.4, 0.5) is 13.2 Å². The number of rotatable bonds is 2. The van der Waals surface area contributed by atoms with Crippen molar-refractivity contribution in [3.63, 3.8) is 0 Å². The maximum absolute atomic E-state index is 12.3. The SMILES string of the molecule is CCOc1cc(C)cc(C(F)(F)F)n1. The molecule has 0 aliphatic carbocycles. The van der Waals surface area contributed by atoms with Crippen LogP contribution < -0.4 is 4.74 Å². The third kappa shape index (κ3) is 2.61. The Balaban J connectivity index is 3.07. The maximum Gasteiger partial charge on any atom is 0.433 e. The van der Waals surface area contributed by atoms with Gasteiger partial charge in [-0.2, -0.15) is 13.2 Å². The van der Waals surface area contributed by atoms with Crippen molar-refractivity contribution in [2.75, 3.05) is 6.61 Å². The Morgan fingerprint density at radius 1 is 1.36 bits per heavy atom. The number of alkyl halides is 3. The summed E-state index contributed by atoms with van der Waals surface area (Å²) in [7, 11) is 0. The smallest absolute Gasteiger partial charge is 0.433 e. The number of aryl methyl sites for hydroxylation is 1. The van der Waals surface area contributed by atoms with Crippen molar-refractivity contribution >= 4 is 0 Å². The second kappa shape index (κ2) is 3.86. The molecule has 0 amide bonds. The van der Waals surface area contributed by atoms with Gasteiger partial charge in [-0.3, -0.25) is 0 Å². The Bertz CT molecular complexity index is 322. The van der Waals surface area contributed by atoms with Gasteiger partial charge in [0, 0.05) is 6.07 Å². The zero-order chi connectivity index (χ0) is 10.8. The molecule has 0 aromatic carbocycles. The van der Waals surface area contributed by atoms with Crippen LogP contribution in [0.25, 0.3) is 0 Å². The molecule has 1 aromatic rings.